The van der Waals surface area contributed by atoms with Crippen LogP contribution in [0.25, 0.3) is 10.9 Å². The molecule has 2 saturated heterocycles. The molecule has 0 spiro atoms. The van der Waals surface area contributed by atoms with Crippen LogP contribution < -0.4 is 4.90 Å². The molecular formula is C14H10BrClFIN4O2. The standard InChI is InChI=1S/C14H10BrClFIN4O2/c15-9-8(18)2-7-11(10(9)17)19-13(16)20-12(7)21-3-6-1-5(21)4-22(6)14(23)24/h2,5-6H,1,3-4H2,(H,23,24). The fourth-order valence-electron chi connectivity index (χ4n) is 3.51. The van der Waals surface area contributed by atoms with Gasteiger partial charge in [0.15, 0.2) is 5.82 Å². The fourth-order valence-corrected chi connectivity index (χ4v) is 4.52. The molecule has 6 nitrogen and oxygen atoms in total. The topological polar surface area (TPSA) is 69.6 Å². The van der Waals surface area contributed by atoms with E-state index in [2.05, 4.69) is 25.9 Å². The molecule has 1 N–H and O–H groups in total. The average molecular weight is 528 g/mol. The zero-order chi connectivity index (χ0) is 17.2. The van der Waals surface area contributed by atoms with Gasteiger partial charge >= 0.3 is 6.09 Å². The van der Waals surface area contributed by atoms with Gasteiger partial charge < -0.3 is 14.9 Å². The maximum absolute atomic E-state index is 14.6. The summed E-state index contributed by atoms with van der Waals surface area (Å²) in [5.74, 6) is 0.0887. The molecule has 2 bridgehead atoms. The van der Waals surface area contributed by atoms with Crippen LogP contribution in [0.2, 0.25) is 5.28 Å². The molecule has 2 unspecified atom stereocenters. The SMILES string of the molecule is O=C(O)N1CC2CC1CN2c1nc(Cl)nc2c(F)c(Br)c(I)cc12. The highest BCUT2D eigenvalue weighted by Gasteiger charge is 2.46. The van der Waals surface area contributed by atoms with Crippen molar-refractivity contribution in [2.75, 3.05) is 18.0 Å². The number of piperazine rings is 1. The normalized spacial score (nSPS) is 22.7. The number of halogens is 4. The van der Waals surface area contributed by atoms with Crippen molar-refractivity contribution in [2.24, 2.45) is 0 Å². The Bertz CT molecular complexity index is 886. The molecule has 1 aromatic carbocycles. The molecule has 1 amide bonds. The van der Waals surface area contributed by atoms with Gasteiger partial charge in [-0.25, -0.2) is 14.2 Å². The van der Waals surface area contributed by atoms with E-state index in [1.807, 2.05) is 33.6 Å². The molecule has 10 heteroatoms. The number of rotatable bonds is 1. The molecular weight excluding hydrogens is 517 g/mol. The first-order valence-electron chi connectivity index (χ1n) is 7.13. The lowest BCUT2D eigenvalue weighted by atomic mass is 10.2. The minimum atomic E-state index is -0.905. The molecule has 4 rings (SSSR count). The van der Waals surface area contributed by atoms with Crippen molar-refractivity contribution in [1.29, 1.82) is 0 Å². The van der Waals surface area contributed by atoms with Crippen LogP contribution in [-0.2, 0) is 0 Å². The van der Waals surface area contributed by atoms with Crippen LogP contribution in [0.5, 0.6) is 0 Å². The van der Waals surface area contributed by atoms with E-state index < -0.39 is 11.9 Å². The smallest absolute Gasteiger partial charge is 0.407 e. The van der Waals surface area contributed by atoms with Crippen LogP contribution in [0.3, 0.4) is 0 Å². The van der Waals surface area contributed by atoms with Gasteiger partial charge in [0.2, 0.25) is 5.28 Å². The second-order valence-electron chi connectivity index (χ2n) is 5.83. The Morgan fingerprint density at radius 3 is 2.79 bits per heavy atom. The van der Waals surface area contributed by atoms with E-state index in [9.17, 15) is 14.3 Å². The van der Waals surface area contributed by atoms with Crippen molar-refractivity contribution in [1.82, 2.24) is 14.9 Å². The summed E-state index contributed by atoms with van der Waals surface area (Å²) in [7, 11) is 0. The summed E-state index contributed by atoms with van der Waals surface area (Å²) in [5, 5.41) is 9.77. The van der Waals surface area contributed by atoms with Gasteiger partial charge in [0.25, 0.3) is 0 Å². The monoisotopic (exact) mass is 526 g/mol. The maximum Gasteiger partial charge on any atom is 0.407 e. The number of fused-ring (bicyclic) bond motifs is 3. The number of likely N-dealkylation sites (tertiary alicyclic amines) is 1. The minimum Gasteiger partial charge on any atom is -0.465 e. The molecule has 1 aromatic heterocycles. The van der Waals surface area contributed by atoms with Gasteiger partial charge in [-0.2, -0.15) is 4.98 Å². The zero-order valence-electron chi connectivity index (χ0n) is 12.0. The average Bonchev–Trinajstić information content (AvgIpc) is 3.13. The van der Waals surface area contributed by atoms with Crippen LogP contribution >= 0.6 is 50.1 Å². The molecule has 24 heavy (non-hydrogen) atoms. The van der Waals surface area contributed by atoms with Crippen molar-refractivity contribution >= 4 is 72.9 Å². The predicted octanol–water partition coefficient (Wildman–Crippen LogP) is 3.73. The van der Waals surface area contributed by atoms with Crippen LogP contribution in [0.1, 0.15) is 6.42 Å². The van der Waals surface area contributed by atoms with Gasteiger partial charge in [0.05, 0.1) is 16.6 Å². The quantitative estimate of drug-likeness (QED) is 0.348. The van der Waals surface area contributed by atoms with Crippen molar-refractivity contribution in [3.8, 4) is 0 Å². The van der Waals surface area contributed by atoms with Crippen LogP contribution in [0.4, 0.5) is 15.0 Å². The molecule has 126 valence electrons. The Kier molecular flexibility index (Phi) is 4.00. The van der Waals surface area contributed by atoms with Crippen molar-refractivity contribution in [3.63, 3.8) is 0 Å². The van der Waals surface area contributed by atoms with Gasteiger partial charge in [-0.1, -0.05) is 0 Å². The summed E-state index contributed by atoms with van der Waals surface area (Å²) in [6.45, 7) is 0.937. The summed E-state index contributed by atoms with van der Waals surface area (Å²) in [6, 6.07) is 1.76. The first-order chi connectivity index (χ1) is 11.4. The molecule has 2 atom stereocenters. The van der Waals surface area contributed by atoms with Crippen LogP contribution in [0.15, 0.2) is 10.5 Å². The number of hydrogen-bond acceptors (Lipinski definition) is 4. The number of benzene rings is 1. The van der Waals surface area contributed by atoms with Gasteiger partial charge in [-0.15, -0.1) is 0 Å². The van der Waals surface area contributed by atoms with E-state index in [4.69, 9.17) is 11.6 Å². The minimum absolute atomic E-state index is 0.0182. The third-order valence-electron chi connectivity index (χ3n) is 4.54. The van der Waals surface area contributed by atoms with E-state index in [1.54, 1.807) is 0 Å². The molecule has 2 fully saturated rings. The van der Waals surface area contributed by atoms with Gasteiger partial charge in [0, 0.05) is 22.0 Å². The van der Waals surface area contributed by atoms with E-state index >= 15 is 0 Å². The summed E-state index contributed by atoms with van der Waals surface area (Å²) in [4.78, 5) is 23.0. The number of hydrogen-bond donors (Lipinski definition) is 1. The number of carboxylic acid groups (broad SMARTS) is 1. The summed E-state index contributed by atoms with van der Waals surface area (Å²) < 4.78 is 15.6. The van der Waals surface area contributed by atoms with E-state index in [1.165, 1.54) is 4.90 Å². The Morgan fingerprint density at radius 1 is 1.42 bits per heavy atom. The summed E-state index contributed by atoms with van der Waals surface area (Å²) in [5.41, 5.74) is 0.162. The number of amides is 1. The van der Waals surface area contributed by atoms with Gasteiger partial charge in [-0.05, 0) is 62.6 Å². The largest absolute Gasteiger partial charge is 0.465 e. The molecule has 2 aliphatic rings. The Labute approximate surface area is 163 Å². The molecule has 0 radical (unpaired) electrons. The Hall–Kier alpha value is -0.940. The maximum atomic E-state index is 14.6. The molecule has 2 aromatic rings. The Morgan fingerprint density at radius 2 is 2.17 bits per heavy atom. The molecule has 2 aliphatic heterocycles. The number of anilines is 1. The first-order valence-corrected chi connectivity index (χ1v) is 9.38. The second-order valence-corrected chi connectivity index (χ2v) is 8.12. The molecule has 0 saturated carbocycles. The number of nitrogens with zero attached hydrogens (tertiary/aromatic N) is 4. The van der Waals surface area contributed by atoms with Crippen molar-refractivity contribution in [2.45, 2.75) is 18.5 Å². The molecule has 0 aliphatic carbocycles. The van der Waals surface area contributed by atoms with E-state index in [0.717, 1.165) is 6.42 Å². The predicted molar refractivity (Wildman–Crippen MR) is 99.2 cm³/mol. The van der Waals surface area contributed by atoms with Gasteiger partial charge in [0.1, 0.15) is 11.3 Å². The highest BCUT2D eigenvalue weighted by atomic mass is 127. The zero-order valence-corrected chi connectivity index (χ0v) is 16.5. The summed E-state index contributed by atoms with van der Waals surface area (Å²) in [6.07, 6.45) is -0.164. The Balaban J connectivity index is 1.83. The fraction of sp³-hybridized carbons (Fsp3) is 0.357. The highest BCUT2D eigenvalue weighted by molar-refractivity contribution is 14.1. The van der Waals surface area contributed by atoms with Crippen LogP contribution in [0, 0.1) is 9.39 Å². The third-order valence-corrected chi connectivity index (χ3v) is 7.07. The molecule has 3 heterocycles. The van der Waals surface area contributed by atoms with Crippen LogP contribution in [-0.4, -0.2) is 51.2 Å². The second kappa shape index (κ2) is 5.80. The van der Waals surface area contributed by atoms with Crippen molar-refractivity contribution in [3.05, 3.63) is 25.2 Å². The first kappa shape index (κ1) is 16.5. The lowest BCUT2D eigenvalue weighted by Crippen LogP contribution is -2.48. The van der Waals surface area contributed by atoms with E-state index in [0.29, 0.717) is 32.3 Å². The van der Waals surface area contributed by atoms with Crippen molar-refractivity contribution < 1.29 is 14.3 Å². The van der Waals surface area contributed by atoms with Gasteiger partial charge in [-0.3, -0.25) is 0 Å². The summed E-state index contributed by atoms with van der Waals surface area (Å²) >= 11 is 11.3. The third kappa shape index (κ3) is 2.43. The highest BCUT2D eigenvalue weighted by Crippen LogP contribution is 2.39. The lowest BCUT2D eigenvalue weighted by Gasteiger charge is -2.34. The van der Waals surface area contributed by atoms with E-state index in [-0.39, 0.29) is 22.9 Å². The lowest BCUT2D eigenvalue weighted by molar-refractivity contribution is 0.137. The number of aromatic nitrogens is 2. The number of carbonyl (C=O) groups is 1.